The summed E-state index contributed by atoms with van der Waals surface area (Å²) in [6.07, 6.45) is 26.9. The molecule has 54 heavy (non-hydrogen) atoms. The van der Waals surface area contributed by atoms with Gasteiger partial charge in [0.25, 0.3) is 0 Å². The van der Waals surface area contributed by atoms with Gasteiger partial charge in [0.05, 0.1) is 16.6 Å². The Bertz CT molecular complexity index is 2640. The molecule has 10 rings (SSSR count). The highest BCUT2D eigenvalue weighted by Crippen LogP contribution is 2.42. The van der Waals surface area contributed by atoms with E-state index in [1.807, 2.05) is 0 Å². The van der Waals surface area contributed by atoms with Gasteiger partial charge in [0, 0.05) is 57.9 Å². The molecule has 0 bridgehead atoms. The van der Waals surface area contributed by atoms with Crippen LogP contribution in [-0.4, -0.2) is 36.0 Å². The van der Waals surface area contributed by atoms with Gasteiger partial charge < -0.3 is 14.0 Å². The highest BCUT2D eigenvalue weighted by molar-refractivity contribution is 6.14. The lowest BCUT2D eigenvalue weighted by atomic mass is 9.89. The van der Waals surface area contributed by atoms with Gasteiger partial charge in [-0.1, -0.05) is 93.6 Å². The van der Waals surface area contributed by atoms with Gasteiger partial charge in [0.1, 0.15) is 12.0 Å². The quantitative estimate of drug-likeness (QED) is 0.168. The summed E-state index contributed by atoms with van der Waals surface area (Å²) in [4.78, 5) is 17.8. The third-order valence-electron chi connectivity index (χ3n) is 12.1. The van der Waals surface area contributed by atoms with E-state index >= 15 is 0 Å². The molecule has 6 aromatic rings. The number of aromatic nitrogens is 5. The Labute approximate surface area is 317 Å². The zero-order valence-corrected chi connectivity index (χ0v) is 31.5. The molecule has 4 aliphatic rings. The van der Waals surface area contributed by atoms with E-state index in [9.17, 15) is 0 Å². The summed E-state index contributed by atoms with van der Waals surface area (Å²) in [5.41, 5.74) is 9.79. The first-order valence-electron chi connectivity index (χ1n) is 19.7. The molecule has 6 heteroatoms. The van der Waals surface area contributed by atoms with Crippen LogP contribution in [0.2, 0.25) is 0 Å². The molecular formula is C48H46N6. The Balaban J connectivity index is 1.11. The average molecular weight is 707 g/mol. The van der Waals surface area contributed by atoms with Crippen LogP contribution in [0.5, 0.6) is 0 Å². The fourth-order valence-electron chi connectivity index (χ4n) is 9.13. The van der Waals surface area contributed by atoms with Crippen LogP contribution in [0.4, 0.5) is 0 Å². The molecule has 0 N–H and O–H groups in total. The predicted octanol–water partition coefficient (Wildman–Crippen LogP) is 11.2. The number of para-hydroxylation sites is 2. The van der Waals surface area contributed by atoms with Crippen LogP contribution >= 0.6 is 0 Å². The number of benzene rings is 3. The molecule has 5 atom stereocenters. The predicted molar refractivity (Wildman–Crippen MR) is 223 cm³/mol. The van der Waals surface area contributed by atoms with Gasteiger partial charge in [-0.3, -0.25) is 0 Å². The molecular weight excluding hydrogens is 661 g/mol. The molecule has 268 valence electrons. The summed E-state index contributed by atoms with van der Waals surface area (Å²) < 4.78 is 4.97. The van der Waals surface area contributed by atoms with Gasteiger partial charge >= 0.3 is 0 Å². The summed E-state index contributed by atoms with van der Waals surface area (Å²) in [6.45, 7) is 6.88. The van der Waals surface area contributed by atoms with Gasteiger partial charge in [-0.25, -0.2) is 15.0 Å². The van der Waals surface area contributed by atoms with E-state index in [1.54, 1.807) is 0 Å². The SMILES string of the molecule is CC1C=CC(c2nc(C3=CN(C)C(n4c5c(c6cc7c8ccccc8n(-c8ccccc8)c7cc64)CC(C)C=C5)C=C3)nc(C3=CC=CCC3C)n2)CC1. The minimum absolute atomic E-state index is 0.0279. The van der Waals surface area contributed by atoms with Crippen LogP contribution < -0.4 is 0 Å². The Hall–Kier alpha value is -5.75. The van der Waals surface area contributed by atoms with Crippen LogP contribution in [0, 0.1) is 17.8 Å². The van der Waals surface area contributed by atoms with Gasteiger partial charge in [-0.2, -0.15) is 0 Å². The number of fused-ring (bicyclic) bond motifs is 6. The second-order valence-electron chi connectivity index (χ2n) is 15.9. The number of allylic oxidation sites excluding steroid dienone is 9. The van der Waals surface area contributed by atoms with Crippen molar-refractivity contribution < 1.29 is 0 Å². The van der Waals surface area contributed by atoms with Gasteiger partial charge in [-0.05, 0) is 97.6 Å². The molecule has 0 fully saturated rings. The molecule has 5 unspecified atom stereocenters. The monoisotopic (exact) mass is 706 g/mol. The lowest BCUT2D eigenvalue weighted by molar-refractivity contribution is 0.306. The summed E-state index contributed by atoms with van der Waals surface area (Å²) >= 11 is 0. The Morgan fingerprint density at radius 2 is 1.54 bits per heavy atom. The van der Waals surface area contributed by atoms with Crippen molar-refractivity contribution in [3.05, 3.63) is 150 Å². The van der Waals surface area contributed by atoms with Crippen LogP contribution in [-0.2, 0) is 6.42 Å². The topological polar surface area (TPSA) is 51.8 Å². The lowest BCUT2D eigenvalue weighted by Gasteiger charge is -2.32. The first kappa shape index (κ1) is 32.9. The maximum atomic E-state index is 5.18. The van der Waals surface area contributed by atoms with E-state index in [4.69, 9.17) is 15.0 Å². The van der Waals surface area contributed by atoms with E-state index in [2.05, 4.69) is 169 Å². The lowest BCUT2D eigenvalue weighted by Crippen LogP contribution is -2.27. The van der Waals surface area contributed by atoms with Crippen molar-refractivity contribution in [2.24, 2.45) is 17.8 Å². The van der Waals surface area contributed by atoms with E-state index in [0.717, 1.165) is 48.7 Å². The largest absolute Gasteiger partial charge is 0.356 e. The van der Waals surface area contributed by atoms with Gasteiger partial charge in [0.2, 0.25) is 0 Å². The van der Waals surface area contributed by atoms with Crippen LogP contribution in [0.1, 0.15) is 80.8 Å². The number of hydrogen-bond acceptors (Lipinski definition) is 4. The molecule has 0 spiro atoms. The van der Waals surface area contributed by atoms with E-state index < -0.39 is 0 Å². The molecule has 3 aromatic heterocycles. The zero-order valence-electron chi connectivity index (χ0n) is 31.5. The van der Waals surface area contributed by atoms with Crippen molar-refractivity contribution in [3.63, 3.8) is 0 Å². The molecule has 1 aliphatic heterocycles. The molecule has 0 saturated heterocycles. The fourth-order valence-corrected chi connectivity index (χ4v) is 9.13. The zero-order chi connectivity index (χ0) is 36.5. The van der Waals surface area contributed by atoms with Gasteiger partial charge in [0.15, 0.2) is 11.6 Å². The summed E-state index contributed by atoms with van der Waals surface area (Å²) in [7, 11) is 2.19. The molecule has 0 radical (unpaired) electrons. The van der Waals surface area contributed by atoms with Crippen molar-refractivity contribution in [2.45, 2.75) is 58.5 Å². The minimum atomic E-state index is -0.0279. The third kappa shape index (κ3) is 5.41. The van der Waals surface area contributed by atoms with Crippen molar-refractivity contribution in [1.29, 1.82) is 0 Å². The summed E-state index contributed by atoms with van der Waals surface area (Å²) in [6, 6.07) is 24.5. The van der Waals surface area contributed by atoms with Crippen molar-refractivity contribution in [1.82, 2.24) is 29.0 Å². The number of rotatable bonds is 5. The first-order valence-corrected chi connectivity index (χ1v) is 19.7. The fraction of sp³-hybridized carbons (Fsp3) is 0.271. The minimum Gasteiger partial charge on any atom is -0.356 e. The van der Waals surface area contributed by atoms with E-state index in [0.29, 0.717) is 17.8 Å². The molecule has 0 saturated carbocycles. The second kappa shape index (κ2) is 13.0. The molecule has 4 heterocycles. The Kier molecular flexibility index (Phi) is 7.90. The normalized spacial score (nSPS) is 23.7. The molecule has 3 aromatic carbocycles. The van der Waals surface area contributed by atoms with Crippen LogP contribution in [0.3, 0.4) is 0 Å². The summed E-state index contributed by atoms with van der Waals surface area (Å²) in [5, 5.41) is 3.91. The first-order chi connectivity index (χ1) is 26.4. The molecule has 3 aliphatic carbocycles. The Morgan fingerprint density at radius 1 is 0.704 bits per heavy atom. The highest BCUT2D eigenvalue weighted by atomic mass is 15.3. The number of nitrogens with zero attached hydrogens (tertiary/aromatic N) is 6. The smallest absolute Gasteiger partial charge is 0.165 e. The number of hydrogen-bond donors (Lipinski definition) is 0. The summed E-state index contributed by atoms with van der Waals surface area (Å²) in [5.74, 6) is 4.06. The third-order valence-corrected chi connectivity index (χ3v) is 12.1. The van der Waals surface area contributed by atoms with Crippen molar-refractivity contribution >= 4 is 49.9 Å². The van der Waals surface area contributed by atoms with Crippen molar-refractivity contribution in [3.8, 4) is 5.69 Å². The van der Waals surface area contributed by atoms with E-state index in [1.165, 1.54) is 55.2 Å². The van der Waals surface area contributed by atoms with Gasteiger partial charge in [-0.15, -0.1) is 0 Å². The maximum Gasteiger partial charge on any atom is 0.165 e. The maximum absolute atomic E-state index is 5.18. The average Bonchev–Trinajstić information content (AvgIpc) is 3.69. The highest BCUT2D eigenvalue weighted by Gasteiger charge is 2.29. The standard InChI is InChI=1S/C48H46N6/c1-30-18-21-33(22-19-30)46-49-47(51-48(50-46)36-15-9-8-12-32(36)3)34-23-25-45(52(4)29-34)54-42-24-20-31(2)26-38(42)40-27-39-37-16-10-11-17-41(37)53(43(39)28-44(40)54)35-13-6-5-7-14-35/h5-11,13-18,20-21,23-25,27-33,45H,12,19,22,26H2,1-4H3. The Morgan fingerprint density at radius 3 is 2.35 bits per heavy atom. The van der Waals surface area contributed by atoms with Crippen molar-refractivity contribution in [2.75, 3.05) is 7.05 Å². The van der Waals surface area contributed by atoms with E-state index in [-0.39, 0.29) is 12.1 Å². The number of likely N-dealkylation sites (N-methyl/N-ethyl adjacent to an activating group) is 1. The van der Waals surface area contributed by atoms with Crippen LogP contribution in [0.25, 0.3) is 55.6 Å². The van der Waals surface area contributed by atoms with Crippen LogP contribution in [0.15, 0.2) is 122 Å². The molecule has 0 amide bonds. The molecule has 6 nitrogen and oxygen atoms in total. The second-order valence-corrected chi connectivity index (χ2v) is 15.9.